The fourth-order valence-corrected chi connectivity index (χ4v) is 2.78. The summed E-state index contributed by atoms with van der Waals surface area (Å²) >= 11 is 6.01. The van der Waals surface area contributed by atoms with Crippen LogP contribution in [-0.4, -0.2) is 21.5 Å². The van der Waals surface area contributed by atoms with Crippen molar-refractivity contribution >= 4 is 22.5 Å². The van der Waals surface area contributed by atoms with Crippen LogP contribution in [0.3, 0.4) is 0 Å². The molecule has 0 saturated heterocycles. The maximum atomic E-state index is 6.01. The molecule has 0 spiro atoms. The number of rotatable bonds is 5. The molecule has 2 N–H and O–H groups in total. The molecule has 0 amide bonds. The number of nitrogens with one attached hydrogen (secondary N) is 2. The molecule has 22 heavy (non-hydrogen) atoms. The van der Waals surface area contributed by atoms with E-state index >= 15 is 0 Å². The minimum absolute atomic E-state index is 0.210. The summed E-state index contributed by atoms with van der Waals surface area (Å²) in [6, 6.07) is 8.13. The van der Waals surface area contributed by atoms with E-state index in [0.717, 1.165) is 35.0 Å². The van der Waals surface area contributed by atoms with Gasteiger partial charge in [-0.3, -0.25) is 0 Å². The molecule has 1 aromatic carbocycles. The number of hydrogen-bond acceptors (Lipinski definition) is 3. The molecule has 4 nitrogen and oxygen atoms in total. The highest BCUT2D eigenvalue weighted by Gasteiger charge is 2.08. The van der Waals surface area contributed by atoms with Gasteiger partial charge in [-0.15, -0.1) is 0 Å². The van der Waals surface area contributed by atoms with E-state index < -0.39 is 0 Å². The highest BCUT2D eigenvalue weighted by molar-refractivity contribution is 6.31. The van der Waals surface area contributed by atoms with E-state index in [1.807, 2.05) is 25.1 Å². The van der Waals surface area contributed by atoms with Crippen LogP contribution in [0, 0.1) is 6.92 Å². The minimum Gasteiger partial charge on any atom is -0.361 e. The van der Waals surface area contributed by atoms with Crippen LogP contribution in [0.15, 0.2) is 36.7 Å². The average Bonchev–Trinajstić information content (AvgIpc) is 2.89. The molecule has 0 saturated carbocycles. The van der Waals surface area contributed by atoms with Crippen LogP contribution in [0.1, 0.15) is 30.0 Å². The molecule has 2 aromatic heterocycles. The Morgan fingerprint density at radius 2 is 2.18 bits per heavy atom. The van der Waals surface area contributed by atoms with E-state index in [2.05, 4.69) is 39.5 Å². The lowest BCUT2D eigenvalue weighted by Crippen LogP contribution is -2.22. The first kappa shape index (κ1) is 15.0. The Labute approximate surface area is 134 Å². The van der Waals surface area contributed by atoms with Gasteiger partial charge >= 0.3 is 0 Å². The Morgan fingerprint density at radius 1 is 1.32 bits per heavy atom. The molecule has 0 radical (unpaired) electrons. The molecule has 0 aliphatic carbocycles. The zero-order chi connectivity index (χ0) is 15.5. The largest absolute Gasteiger partial charge is 0.361 e. The number of aromatic amines is 1. The summed E-state index contributed by atoms with van der Waals surface area (Å²) in [7, 11) is 0. The second-order valence-electron chi connectivity index (χ2n) is 5.46. The van der Waals surface area contributed by atoms with Crippen LogP contribution in [0.5, 0.6) is 0 Å². The summed E-state index contributed by atoms with van der Waals surface area (Å²) in [5.41, 5.74) is 3.41. The number of aromatic nitrogens is 3. The number of aryl methyl sites for hydroxylation is 1. The summed E-state index contributed by atoms with van der Waals surface area (Å²) in [4.78, 5) is 11.9. The first-order valence-corrected chi connectivity index (χ1v) is 7.80. The first-order chi connectivity index (χ1) is 10.6. The number of nitrogens with zero attached hydrogens (tertiary/aromatic N) is 2. The van der Waals surface area contributed by atoms with Gasteiger partial charge in [0.25, 0.3) is 0 Å². The summed E-state index contributed by atoms with van der Waals surface area (Å²) in [6.45, 7) is 4.92. The molecular weight excluding hydrogens is 296 g/mol. The van der Waals surface area contributed by atoms with Gasteiger partial charge in [0.05, 0.1) is 5.69 Å². The maximum Gasteiger partial charge on any atom is 0.125 e. The molecular formula is C17H19ClN4. The molecule has 1 unspecified atom stereocenters. The molecule has 0 fully saturated rings. The van der Waals surface area contributed by atoms with Crippen LogP contribution in [0.2, 0.25) is 5.02 Å². The summed E-state index contributed by atoms with van der Waals surface area (Å²) < 4.78 is 0. The quantitative estimate of drug-likeness (QED) is 0.753. The first-order valence-electron chi connectivity index (χ1n) is 7.42. The monoisotopic (exact) mass is 314 g/mol. The van der Waals surface area contributed by atoms with Crippen molar-refractivity contribution in [2.45, 2.75) is 26.3 Å². The van der Waals surface area contributed by atoms with Crippen molar-refractivity contribution in [3.63, 3.8) is 0 Å². The molecule has 0 aliphatic heterocycles. The molecule has 2 heterocycles. The number of H-pyrrole nitrogens is 1. The standard InChI is InChI=1S/C17H19ClN4/c1-11(16-6-8-20-12(2)22-16)19-7-5-13-10-21-17-9-14(18)3-4-15(13)17/h3-4,6,8-11,19,21H,5,7H2,1-2H3. The van der Waals surface area contributed by atoms with Gasteiger partial charge in [0.2, 0.25) is 0 Å². The molecule has 0 bridgehead atoms. The van der Waals surface area contributed by atoms with Crippen molar-refractivity contribution < 1.29 is 0 Å². The van der Waals surface area contributed by atoms with Crippen molar-refractivity contribution in [1.82, 2.24) is 20.3 Å². The van der Waals surface area contributed by atoms with Gasteiger partial charge in [0, 0.05) is 34.4 Å². The van der Waals surface area contributed by atoms with Crippen LogP contribution in [0.25, 0.3) is 10.9 Å². The summed E-state index contributed by atoms with van der Waals surface area (Å²) in [5, 5.41) is 5.50. The third-order valence-corrected chi connectivity index (χ3v) is 4.05. The lowest BCUT2D eigenvalue weighted by atomic mass is 10.1. The Morgan fingerprint density at radius 3 is 3.00 bits per heavy atom. The average molecular weight is 315 g/mol. The maximum absolute atomic E-state index is 6.01. The van der Waals surface area contributed by atoms with Crippen molar-refractivity contribution in [2.75, 3.05) is 6.54 Å². The van der Waals surface area contributed by atoms with Crippen LogP contribution < -0.4 is 5.32 Å². The fraction of sp³-hybridized carbons (Fsp3) is 0.294. The Kier molecular flexibility index (Phi) is 4.41. The predicted octanol–water partition coefficient (Wildman–Crippen LogP) is 3.81. The molecule has 3 aromatic rings. The van der Waals surface area contributed by atoms with Crippen LogP contribution >= 0.6 is 11.6 Å². The number of fused-ring (bicyclic) bond motifs is 1. The fourth-order valence-electron chi connectivity index (χ4n) is 2.61. The van der Waals surface area contributed by atoms with E-state index in [0.29, 0.717) is 0 Å². The Hall–Kier alpha value is -1.91. The highest BCUT2D eigenvalue weighted by Crippen LogP contribution is 2.22. The SMILES string of the molecule is Cc1nccc(C(C)NCCc2c[nH]c3cc(Cl)ccc23)n1. The van der Waals surface area contributed by atoms with Gasteiger partial charge in [-0.1, -0.05) is 17.7 Å². The van der Waals surface area contributed by atoms with Gasteiger partial charge in [0.1, 0.15) is 5.82 Å². The molecule has 5 heteroatoms. The summed E-state index contributed by atoms with van der Waals surface area (Å²) in [5.74, 6) is 0.805. The Bertz CT molecular complexity index is 781. The number of benzene rings is 1. The number of hydrogen-bond donors (Lipinski definition) is 2. The predicted molar refractivity (Wildman–Crippen MR) is 90.2 cm³/mol. The molecule has 0 aliphatic rings. The van der Waals surface area contributed by atoms with E-state index in [1.165, 1.54) is 10.9 Å². The second-order valence-corrected chi connectivity index (χ2v) is 5.89. The van der Waals surface area contributed by atoms with Gasteiger partial charge < -0.3 is 10.3 Å². The van der Waals surface area contributed by atoms with E-state index in [9.17, 15) is 0 Å². The van der Waals surface area contributed by atoms with Crippen LogP contribution in [-0.2, 0) is 6.42 Å². The zero-order valence-corrected chi connectivity index (χ0v) is 13.5. The molecule has 1 atom stereocenters. The van der Waals surface area contributed by atoms with E-state index in [4.69, 9.17) is 11.6 Å². The van der Waals surface area contributed by atoms with Crippen LogP contribution in [0.4, 0.5) is 0 Å². The minimum atomic E-state index is 0.210. The van der Waals surface area contributed by atoms with Crippen molar-refractivity contribution in [2.24, 2.45) is 0 Å². The molecule has 3 rings (SSSR count). The van der Waals surface area contributed by atoms with Crippen molar-refractivity contribution in [1.29, 1.82) is 0 Å². The van der Waals surface area contributed by atoms with Gasteiger partial charge in [-0.2, -0.15) is 0 Å². The normalized spacial score (nSPS) is 12.7. The van der Waals surface area contributed by atoms with Crippen molar-refractivity contribution in [3.05, 3.63) is 58.8 Å². The highest BCUT2D eigenvalue weighted by atomic mass is 35.5. The van der Waals surface area contributed by atoms with Crippen molar-refractivity contribution in [3.8, 4) is 0 Å². The van der Waals surface area contributed by atoms with Gasteiger partial charge in [-0.25, -0.2) is 9.97 Å². The van der Waals surface area contributed by atoms with Gasteiger partial charge in [-0.05, 0) is 50.6 Å². The second kappa shape index (κ2) is 6.46. The Balaban J connectivity index is 1.62. The lowest BCUT2D eigenvalue weighted by Gasteiger charge is -2.13. The topological polar surface area (TPSA) is 53.6 Å². The van der Waals surface area contributed by atoms with Gasteiger partial charge in [0.15, 0.2) is 0 Å². The van der Waals surface area contributed by atoms with E-state index in [-0.39, 0.29) is 6.04 Å². The third-order valence-electron chi connectivity index (χ3n) is 3.82. The molecule has 114 valence electrons. The number of halogens is 1. The third kappa shape index (κ3) is 3.29. The summed E-state index contributed by atoms with van der Waals surface area (Å²) in [6.07, 6.45) is 4.82. The van der Waals surface area contributed by atoms with E-state index in [1.54, 1.807) is 6.20 Å². The zero-order valence-electron chi connectivity index (χ0n) is 12.7. The smallest absolute Gasteiger partial charge is 0.125 e. The lowest BCUT2D eigenvalue weighted by molar-refractivity contribution is 0.562.